The van der Waals surface area contributed by atoms with Crippen LogP contribution in [-0.4, -0.2) is 22.8 Å². The van der Waals surface area contributed by atoms with Crippen LogP contribution in [0.2, 0.25) is 0 Å². The van der Waals surface area contributed by atoms with Crippen LogP contribution in [0.4, 0.5) is 0 Å². The molecule has 3 rings (SSSR count). The number of hydrogen-bond donors (Lipinski definition) is 3. The van der Waals surface area contributed by atoms with Crippen LogP contribution in [0, 0.1) is 0 Å². The Bertz CT molecular complexity index is 710. The molecule has 0 saturated heterocycles. The van der Waals surface area contributed by atoms with Crippen LogP contribution in [0.1, 0.15) is 42.1 Å². The lowest BCUT2D eigenvalue weighted by Gasteiger charge is -2.20. The number of rotatable bonds is 8. The van der Waals surface area contributed by atoms with Crippen LogP contribution in [0.3, 0.4) is 0 Å². The van der Waals surface area contributed by atoms with Crippen LogP contribution < -0.4 is 17.7 Å². The fraction of sp³-hybridized carbons (Fsp3) is 0.300. The minimum atomic E-state index is -0.540. The van der Waals surface area contributed by atoms with Gasteiger partial charge < -0.3 is 27.9 Å². The van der Waals surface area contributed by atoms with Crippen LogP contribution >= 0.6 is 22.7 Å². The molecule has 0 radical (unpaired) electrons. The van der Waals surface area contributed by atoms with Gasteiger partial charge in [-0.05, 0) is 69.4 Å². The molecule has 0 saturated carbocycles. The Hall–Kier alpha value is -1.37. The average Bonchev–Trinajstić information content (AvgIpc) is 3.32. The zero-order valence-corrected chi connectivity index (χ0v) is 17.0. The summed E-state index contributed by atoms with van der Waals surface area (Å²) in [7, 11) is 0. The third kappa shape index (κ3) is 5.32. The first-order chi connectivity index (χ1) is 12.1. The second-order valence-electron chi connectivity index (χ2n) is 6.37. The molecule has 0 spiro atoms. The molecule has 0 aliphatic carbocycles. The number of aliphatic hydroxyl groups excluding tert-OH is 1. The lowest BCUT2D eigenvalue weighted by Crippen LogP contribution is -3.00. The third-order valence-corrected chi connectivity index (χ3v) is 6.02. The summed E-state index contributed by atoms with van der Waals surface area (Å²) < 4.78 is 0. The van der Waals surface area contributed by atoms with Crippen molar-refractivity contribution in [3.8, 4) is 5.75 Å². The fourth-order valence-electron chi connectivity index (χ4n) is 3.10. The molecule has 1 aromatic carbocycles. The van der Waals surface area contributed by atoms with E-state index in [9.17, 15) is 10.2 Å². The van der Waals surface area contributed by atoms with Crippen LogP contribution in [0.15, 0.2) is 57.9 Å². The zero-order chi connectivity index (χ0) is 17.6. The van der Waals surface area contributed by atoms with E-state index in [1.165, 1.54) is 11.1 Å². The van der Waals surface area contributed by atoms with Gasteiger partial charge in [-0.2, -0.15) is 22.7 Å². The summed E-state index contributed by atoms with van der Waals surface area (Å²) >= 11 is 3.48. The highest BCUT2D eigenvalue weighted by Crippen LogP contribution is 2.30. The molecule has 6 heteroatoms. The highest BCUT2D eigenvalue weighted by atomic mass is 35.5. The number of nitrogens with two attached hydrogens (primary N) is 1. The Morgan fingerprint density at radius 2 is 1.50 bits per heavy atom. The average molecular weight is 410 g/mol. The molecule has 2 aromatic heterocycles. The van der Waals surface area contributed by atoms with Crippen molar-refractivity contribution in [2.75, 3.05) is 6.54 Å². The quantitative estimate of drug-likeness (QED) is 0.513. The van der Waals surface area contributed by atoms with Crippen molar-refractivity contribution < 1.29 is 27.9 Å². The zero-order valence-electron chi connectivity index (χ0n) is 14.6. The predicted octanol–water partition coefficient (Wildman–Crippen LogP) is 0.727. The second kappa shape index (κ2) is 10.1. The summed E-state index contributed by atoms with van der Waals surface area (Å²) in [6.45, 7) is 2.99. The van der Waals surface area contributed by atoms with E-state index in [2.05, 4.69) is 39.0 Å². The third-order valence-electron chi connectivity index (χ3n) is 4.62. The smallest absolute Gasteiger partial charge is 0.130 e. The lowest BCUT2D eigenvalue weighted by molar-refractivity contribution is -0.694. The summed E-state index contributed by atoms with van der Waals surface area (Å²) in [6.07, 6.45) is 0.501. The Kier molecular flexibility index (Phi) is 8.13. The van der Waals surface area contributed by atoms with E-state index in [4.69, 9.17) is 0 Å². The van der Waals surface area contributed by atoms with E-state index >= 15 is 0 Å². The maximum atomic E-state index is 10.5. The van der Waals surface area contributed by atoms with Gasteiger partial charge in [-0.25, -0.2) is 0 Å². The highest BCUT2D eigenvalue weighted by molar-refractivity contribution is 7.08. The summed E-state index contributed by atoms with van der Waals surface area (Å²) in [4.78, 5) is 0. The first kappa shape index (κ1) is 20.9. The van der Waals surface area contributed by atoms with E-state index in [1.807, 2.05) is 6.92 Å². The van der Waals surface area contributed by atoms with E-state index in [0.717, 1.165) is 18.5 Å². The number of phenols is 1. The summed E-state index contributed by atoms with van der Waals surface area (Å²) in [5, 5.41) is 30.8. The van der Waals surface area contributed by atoms with Crippen molar-refractivity contribution in [1.82, 2.24) is 0 Å². The van der Waals surface area contributed by atoms with E-state index in [-0.39, 0.29) is 24.2 Å². The summed E-state index contributed by atoms with van der Waals surface area (Å²) in [5.41, 5.74) is 3.60. The molecule has 0 aliphatic rings. The van der Waals surface area contributed by atoms with Crippen LogP contribution in [0.5, 0.6) is 5.75 Å². The lowest BCUT2D eigenvalue weighted by atomic mass is 9.92. The number of benzene rings is 1. The molecule has 2 unspecified atom stereocenters. The van der Waals surface area contributed by atoms with Gasteiger partial charge in [0.2, 0.25) is 0 Å². The summed E-state index contributed by atoms with van der Waals surface area (Å²) in [5.74, 6) is 0.647. The normalized spacial score (nSPS) is 13.3. The van der Waals surface area contributed by atoms with Gasteiger partial charge in [0.25, 0.3) is 0 Å². The van der Waals surface area contributed by atoms with Crippen molar-refractivity contribution in [1.29, 1.82) is 0 Å². The maximum Gasteiger partial charge on any atom is 0.130 e. The molecule has 2 heterocycles. The number of halogens is 1. The van der Waals surface area contributed by atoms with Crippen molar-refractivity contribution in [3.63, 3.8) is 0 Å². The molecule has 0 amide bonds. The van der Waals surface area contributed by atoms with Gasteiger partial charge in [-0.1, -0.05) is 12.1 Å². The minimum Gasteiger partial charge on any atom is -1.00 e. The molecule has 140 valence electrons. The van der Waals surface area contributed by atoms with Gasteiger partial charge in [-0.15, -0.1) is 0 Å². The van der Waals surface area contributed by atoms with Gasteiger partial charge in [-0.3, -0.25) is 0 Å². The van der Waals surface area contributed by atoms with E-state index in [1.54, 1.807) is 46.9 Å². The monoisotopic (exact) mass is 409 g/mol. The van der Waals surface area contributed by atoms with Gasteiger partial charge in [0.1, 0.15) is 17.9 Å². The molecular formula is C20H24ClNO2S2. The molecule has 0 fully saturated rings. The van der Waals surface area contributed by atoms with Crippen molar-refractivity contribution >= 4 is 22.7 Å². The number of thiophene rings is 2. The van der Waals surface area contributed by atoms with Crippen molar-refractivity contribution in [2.45, 2.75) is 31.4 Å². The first-order valence-corrected chi connectivity index (χ1v) is 10.4. The molecule has 3 nitrogen and oxygen atoms in total. The van der Waals surface area contributed by atoms with E-state index < -0.39 is 6.10 Å². The van der Waals surface area contributed by atoms with Gasteiger partial charge in [0.15, 0.2) is 0 Å². The molecule has 0 aliphatic heterocycles. The van der Waals surface area contributed by atoms with Crippen molar-refractivity contribution in [3.05, 3.63) is 74.6 Å². The Labute approximate surface area is 168 Å². The number of aliphatic hydroxyl groups is 1. The SMILES string of the molecule is CC([NH2+]CCC(c1ccsc1)c1ccsc1)C(O)c1ccc(O)cc1.[Cl-]. The largest absolute Gasteiger partial charge is 1.00 e. The summed E-state index contributed by atoms with van der Waals surface area (Å²) in [6, 6.07) is 11.3. The molecule has 2 atom stereocenters. The fourth-order valence-corrected chi connectivity index (χ4v) is 4.53. The van der Waals surface area contributed by atoms with Gasteiger partial charge in [0, 0.05) is 12.3 Å². The topological polar surface area (TPSA) is 57.1 Å². The first-order valence-electron chi connectivity index (χ1n) is 8.49. The van der Waals surface area contributed by atoms with E-state index in [0.29, 0.717) is 5.92 Å². The van der Waals surface area contributed by atoms with Crippen molar-refractivity contribution in [2.24, 2.45) is 0 Å². The number of quaternary nitrogens is 1. The minimum absolute atomic E-state index is 0. The molecule has 3 aromatic rings. The standard InChI is InChI=1S/C20H23NO2S2.ClH/c1-14(20(23)15-2-4-18(22)5-3-15)21-9-6-19(16-7-10-24-12-16)17-8-11-25-13-17;/h2-5,7-8,10-14,19-23H,6,9H2,1H3;1H. The molecule has 26 heavy (non-hydrogen) atoms. The predicted molar refractivity (Wildman–Crippen MR) is 104 cm³/mol. The highest BCUT2D eigenvalue weighted by Gasteiger charge is 2.21. The number of phenolic OH excluding ortho intramolecular Hbond substituents is 1. The van der Waals surface area contributed by atoms with Gasteiger partial charge >= 0.3 is 0 Å². The Balaban J connectivity index is 0.00000243. The number of hydrogen-bond acceptors (Lipinski definition) is 4. The number of aromatic hydroxyl groups is 1. The van der Waals surface area contributed by atoms with Crippen LogP contribution in [0.25, 0.3) is 0 Å². The molecule has 0 bridgehead atoms. The Morgan fingerprint density at radius 1 is 0.923 bits per heavy atom. The van der Waals surface area contributed by atoms with Gasteiger partial charge in [0.05, 0.1) is 6.54 Å². The maximum absolute atomic E-state index is 10.5. The molecule has 4 N–H and O–H groups in total. The second-order valence-corrected chi connectivity index (χ2v) is 7.93. The van der Waals surface area contributed by atoms with Crippen LogP contribution in [-0.2, 0) is 0 Å². The molecular weight excluding hydrogens is 386 g/mol. The Morgan fingerprint density at radius 3 is 2.00 bits per heavy atom.